The first kappa shape index (κ1) is 27.9. The van der Waals surface area contributed by atoms with Crippen molar-refractivity contribution in [1.82, 2.24) is 4.31 Å². The maximum absolute atomic E-state index is 13.1. The molecule has 1 aliphatic rings. The highest BCUT2D eigenvalue weighted by Gasteiger charge is 2.33. The molecule has 0 bridgehead atoms. The average molecular weight is 627 g/mol. The number of halogens is 3. The van der Waals surface area contributed by atoms with Gasteiger partial charge in [-0.2, -0.15) is 4.31 Å². The number of piperidine rings is 1. The summed E-state index contributed by atoms with van der Waals surface area (Å²) < 4.78 is 40.1. The summed E-state index contributed by atoms with van der Waals surface area (Å²) in [5.41, 5.74) is 2.40. The number of rotatable bonds is 7. The second-order valence-corrected chi connectivity index (χ2v) is 12.6. The van der Waals surface area contributed by atoms with Crippen molar-refractivity contribution in [3.8, 4) is 11.5 Å². The number of esters is 1. The van der Waals surface area contributed by atoms with Crippen LogP contribution >= 0.6 is 39.1 Å². The zero-order valence-corrected chi connectivity index (χ0v) is 24.3. The predicted octanol–water partition coefficient (Wildman–Crippen LogP) is 7.31. The minimum atomic E-state index is -3.62. The molecule has 0 saturated carbocycles. The second kappa shape index (κ2) is 11.7. The molecule has 0 aliphatic carbocycles. The number of benzene rings is 3. The van der Waals surface area contributed by atoms with Crippen molar-refractivity contribution in [1.29, 1.82) is 0 Å². The van der Waals surface area contributed by atoms with Crippen LogP contribution in [-0.2, 0) is 26.2 Å². The van der Waals surface area contributed by atoms with Crippen LogP contribution < -0.4 is 4.74 Å². The summed E-state index contributed by atoms with van der Waals surface area (Å²) in [4.78, 5) is 13.1. The molecule has 37 heavy (non-hydrogen) atoms. The molecule has 0 unspecified atom stereocenters. The van der Waals surface area contributed by atoms with E-state index in [9.17, 15) is 13.2 Å². The fourth-order valence-electron chi connectivity index (χ4n) is 4.24. The van der Waals surface area contributed by atoms with Crippen LogP contribution in [-0.4, -0.2) is 31.8 Å². The van der Waals surface area contributed by atoms with Crippen molar-refractivity contribution in [2.75, 3.05) is 13.1 Å². The Morgan fingerprint density at radius 1 is 1.00 bits per heavy atom. The van der Waals surface area contributed by atoms with E-state index in [0.717, 1.165) is 15.6 Å². The first-order chi connectivity index (χ1) is 17.5. The van der Waals surface area contributed by atoms with Gasteiger partial charge < -0.3 is 9.47 Å². The molecule has 3 aromatic carbocycles. The highest BCUT2D eigenvalue weighted by molar-refractivity contribution is 9.10. The van der Waals surface area contributed by atoms with Crippen LogP contribution in [0.4, 0.5) is 0 Å². The van der Waals surface area contributed by atoms with Gasteiger partial charge >= 0.3 is 5.97 Å². The largest absolute Gasteiger partial charge is 0.460 e. The summed E-state index contributed by atoms with van der Waals surface area (Å²) in [6, 6.07) is 15.7. The first-order valence-corrected chi connectivity index (χ1v) is 14.7. The zero-order chi connectivity index (χ0) is 26.7. The highest BCUT2D eigenvalue weighted by atomic mass is 79.9. The second-order valence-electron chi connectivity index (χ2n) is 8.99. The van der Waals surface area contributed by atoms with Crippen LogP contribution in [0.15, 0.2) is 64.0 Å². The summed E-state index contributed by atoms with van der Waals surface area (Å²) in [6.07, 6.45) is 0.798. The van der Waals surface area contributed by atoms with Gasteiger partial charge in [0.1, 0.15) is 18.1 Å². The molecular weight excluding hydrogens is 601 g/mol. The molecular formula is C27H26BrCl2NO5S. The van der Waals surface area contributed by atoms with Crippen LogP contribution in [0.2, 0.25) is 10.0 Å². The molecule has 1 aliphatic heterocycles. The van der Waals surface area contributed by atoms with Gasteiger partial charge in [0.05, 0.1) is 20.9 Å². The standard InChI is InChI=1S/C27H26BrCl2NO5S/c1-17-3-8-26(18(2)13-17)37(33,34)31-11-9-19(10-12-31)27(32)35-16-20-4-5-21(28)14-25(20)36-22-6-7-23(29)24(30)15-22/h3-8,13-15,19H,9-12,16H2,1-2H3. The monoisotopic (exact) mass is 625 g/mol. The van der Waals surface area contributed by atoms with Gasteiger partial charge in [0.15, 0.2) is 0 Å². The van der Waals surface area contributed by atoms with Gasteiger partial charge in [0, 0.05) is 29.2 Å². The lowest BCUT2D eigenvalue weighted by Crippen LogP contribution is -2.40. The van der Waals surface area contributed by atoms with Crippen molar-refractivity contribution in [2.24, 2.45) is 5.92 Å². The van der Waals surface area contributed by atoms with Crippen molar-refractivity contribution in [3.63, 3.8) is 0 Å². The van der Waals surface area contributed by atoms with E-state index in [4.69, 9.17) is 32.7 Å². The number of carbonyl (C=O) groups is 1. The van der Waals surface area contributed by atoms with E-state index in [1.54, 1.807) is 43.3 Å². The molecule has 1 saturated heterocycles. The van der Waals surface area contributed by atoms with E-state index in [2.05, 4.69) is 15.9 Å². The Hall–Kier alpha value is -2.10. The number of aryl methyl sites for hydroxylation is 2. The van der Waals surface area contributed by atoms with E-state index in [-0.39, 0.29) is 31.6 Å². The Labute approximate surface area is 235 Å². The summed E-state index contributed by atoms with van der Waals surface area (Å²) in [7, 11) is -3.62. The van der Waals surface area contributed by atoms with Crippen LogP contribution in [0.3, 0.4) is 0 Å². The van der Waals surface area contributed by atoms with E-state index in [0.29, 0.717) is 44.8 Å². The Bertz CT molecular complexity index is 1420. The minimum Gasteiger partial charge on any atom is -0.460 e. The SMILES string of the molecule is Cc1ccc(S(=O)(=O)N2CCC(C(=O)OCc3ccc(Br)cc3Oc3ccc(Cl)c(Cl)c3)CC2)c(C)c1. The van der Waals surface area contributed by atoms with E-state index >= 15 is 0 Å². The number of hydrogen-bond donors (Lipinski definition) is 0. The van der Waals surface area contributed by atoms with Gasteiger partial charge in [0.25, 0.3) is 0 Å². The maximum atomic E-state index is 13.1. The molecule has 0 aromatic heterocycles. The quantitative estimate of drug-likeness (QED) is 0.257. The molecule has 196 valence electrons. The number of ether oxygens (including phenoxy) is 2. The maximum Gasteiger partial charge on any atom is 0.309 e. The Kier molecular flexibility index (Phi) is 8.86. The Morgan fingerprint density at radius 3 is 2.41 bits per heavy atom. The third-order valence-electron chi connectivity index (χ3n) is 6.25. The summed E-state index contributed by atoms with van der Waals surface area (Å²) in [5, 5.41) is 0.790. The molecule has 0 spiro atoms. The van der Waals surface area contributed by atoms with Crippen molar-refractivity contribution in [2.45, 2.75) is 38.2 Å². The van der Waals surface area contributed by atoms with Gasteiger partial charge in [-0.1, -0.05) is 62.9 Å². The van der Waals surface area contributed by atoms with Crippen LogP contribution in [0.25, 0.3) is 0 Å². The number of carbonyl (C=O) groups excluding carboxylic acids is 1. The first-order valence-electron chi connectivity index (χ1n) is 11.7. The lowest BCUT2D eigenvalue weighted by atomic mass is 9.98. The van der Waals surface area contributed by atoms with Crippen LogP contribution in [0, 0.1) is 19.8 Å². The van der Waals surface area contributed by atoms with Crippen molar-refractivity contribution >= 4 is 55.1 Å². The van der Waals surface area contributed by atoms with E-state index < -0.39 is 10.0 Å². The highest BCUT2D eigenvalue weighted by Crippen LogP contribution is 2.33. The third-order valence-corrected chi connectivity index (χ3v) is 9.54. The molecule has 10 heteroatoms. The molecule has 0 radical (unpaired) electrons. The minimum absolute atomic E-state index is 0.0177. The summed E-state index contributed by atoms with van der Waals surface area (Å²) in [5.74, 6) is 0.278. The van der Waals surface area contributed by atoms with Gasteiger partial charge in [-0.05, 0) is 62.6 Å². The summed E-state index contributed by atoms with van der Waals surface area (Å²) in [6.45, 7) is 4.27. The third kappa shape index (κ3) is 6.67. The molecule has 3 aromatic rings. The fraction of sp³-hybridized carbons (Fsp3) is 0.296. The Balaban J connectivity index is 1.37. The predicted molar refractivity (Wildman–Crippen MR) is 148 cm³/mol. The number of nitrogens with zero attached hydrogens (tertiary/aromatic N) is 1. The average Bonchev–Trinajstić information content (AvgIpc) is 2.85. The Morgan fingerprint density at radius 2 is 1.73 bits per heavy atom. The lowest BCUT2D eigenvalue weighted by molar-refractivity contribution is -0.151. The molecule has 0 N–H and O–H groups in total. The van der Waals surface area contributed by atoms with Crippen molar-refractivity contribution in [3.05, 3.63) is 85.8 Å². The van der Waals surface area contributed by atoms with Gasteiger partial charge in [-0.25, -0.2) is 8.42 Å². The lowest BCUT2D eigenvalue weighted by Gasteiger charge is -2.30. The van der Waals surface area contributed by atoms with Crippen molar-refractivity contribution < 1.29 is 22.7 Å². The molecule has 1 heterocycles. The van der Waals surface area contributed by atoms with E-state index in [1.165, 1.54) is 4.31 Å². The normalized spacial score (nSPS) is 14.9. The molecule has 1 fully saturated rings. The van der Waals surface area contributed by atoms with Gasteiger partial charge in [0.2, 0.25) is 10.0 Å². The van der Waals surface area contributed by atoms with Crippen LogP contribution in [0.1, 0.15) is 29.5 Å². The smallest absolute Gasteiger partial charge is 0.309 e. The molecule has 0 amide bonds. The van der Waals surface area contributed by atoms with Gasteiger partial charge in [-0.15, -0.1) is 0 Å². The molecule has 0 atom stereocenters. The molecule has 4 rings (SSSR count). The number of sulfonamides is 1. The van der Waals surface area contributed by atoms with Crippen LogP contribution in [0.5, 0.6) is 11.5 Å². The topological polar surface area (TPSA) is 72.9 Å². The fourth-order valence-corrected chi connectivity index (χ4v) is 6.54. The zero-order valence-electron chi connectivity index (χ0n) is 20.3. The summed E-state index contributed by atoms with van der Waals surface area (Å²) >= 11 is 15.5. The van der Waals surface area contributed by atoms with E-state index in [1.807, 2.05) is 25.1 Å². The van der Waals surface area contributed by atoms with Gasteiger partial charge in [-0.3, -0.25) is 4.79 Å². The number of hydrogen-bond acceptors (Lipinski definition) is 5. The molecule has 6 nitrogen and oxygen atoms in total.